The zero-order valence-corrected chi connectivity index (χ0v) is 15.7. The lowest BCUT2D eigenvalue weighted by Crippen LogP contribution is -2.48. The van der Waals surface area contributed by atoms with Crippen LogP contribution in [0.1, 0.15) is 11.1 Å². The summed E-state index contributed by atoms with van der Waals surface area (Å²) in [5.74, 6) is 1.87. The van der Waals surface area contributed by atoms with Crippen molar-refractivity contribution in [2.24, 2.45) is 0 Å². The number of carbonyl (C=O) groups is 1. The van der Waals surface area contributed by atoms with Crippen LogP contribution in [0, 0.1) is 0 Å². The third kappa shape index (κ3) is 3.20. The summed E-state index contributed by atoms with van der Waals surface area (Å²) in [6.45, 7) is 3.66. The third-order valence-corrected chi connectivity index (χ3v) is 5.70. The van der Waals surface area contributed by atoms with Crippen molar-refractivity contribution in [3.8, 4) is 0 Å². The van der Waals surface area contributed by atoms with Gasteiger partial charge < -0.3 is 14.7 Å². The second kappa shape index (κ2) is 6.63. The predicted octanol–water partition coefficient (Wildman–Crippen LogP) is 2.08. The smallest absolute Gasteiger partial charge is 0.241 e. The fourth-order valence-corrected chi connectivity index (χ4v) is 3.91. The Morgan fingerprint density at radius 1 is 1.04 bits per heavy atom. The maximum absolute atomic E-state index is 12.0. The molecule has 1 aromatic carbocycles. The molecule has 7 heteroatoms. The monoisotopic (exact) mass is 401 g/mol. The molecule has 0 radical (unpaired) electrons. The van der Waals surface area contributed by atoms with Crippen LogP contribution in [0.2, 0.25) is 0 Å². The molecule has 130 valence electrons. The van der Waals surface area contributed by atoms with Crippen LogP contribution in [0.15, 0.2) is 35.1 Å². The minimum Gasteiger partial charge on any atom is -0.352 e. The van der Waals surface area contributed by atoms with Crippen LogP contribution in [-0.4, -0.2) is 54.0 Å². The van der Waals surface area contributed by atoms with Crippen molar-refractivity contribution in [3.05, 3.63) is 46.2 Å². The van der Waals surface area contributed by atoms with E-state index in [9.17, 15) is 4.79 Å². The van der Waals surface area contributed by atoms with Crippen molar-refractivity contribution in [3.63, 3.8) is 0 Å². The molecule has 2 aromatic rings. The number of halogens is 1. The zero-order valence-electron chi connectivity index (χ0n) is 14.2. The summed E-state index contributed by atoms with van der Waals surface area (Å²) in [4.78, 5) is 26.9. The van der Waals surface area contributed by atoms with Crippen molar-refractivity contribution in [2.45, 2.75) is 13.0 Å². The standard InChI is InChI=1S/C18H20BrN5O/c1-22-7-8-24(11-18(22)25)17-9-16(20-12-21-17)23-6-5-13-3-2-4-15(19)14(13)10-23/h2-4,9,12H,5-8,10-11H2,1H3. The first-order valence-corrected chi connectivity index (χ1v) is 9.23. The van der Waals surface area contributed by atoms with E-state index >= 15 is 0 Å². The lowest BCUT2D eigenvalue weighted by molar-refractivity contribution is -0.129. The fourth-order valence-electron chi connectivity index (χ4n) is 3.37. The van der Waals surface area contributed by atoms with Gasteiger partial charge in [-0.05, 0) is 23.6 Å². The van der Waals surface area contributed by atoms with E-state index in [1.807, 2.05) is 18.0 Å². The SMILES string of the molecule is CN1CCN(c2cc(N3CCc4cccc(Br)c4C3)ncn2)CC1=O. The molecule has 6 nitrogen and oxygen atoms in total. The molecular formula is C18H20BrN5O. The average Bonchev–Trinajstić information content (AvgIpc) is 2.64. The molecule has 4 rings (SSSR count). The van der Waals surface area contributed by atoms with Gasteiger partial charge in [-0.25, -0.2) is 9.97 Å². The number of amides is 1. The summed E-state index contributed by atoms with van der Waals surface area (Å²) in [5, 5.41) is 0. The van der Waals surface area contributed by atoms with Crippen molar-refractivity contribution >= 4 is 33.5 Å². The van der Waals surface area contributed by atoms with Gasteiger partial charge in [0.2, 0.25) is 5.91 Å². The van der Waals surface area contributed by atoms with Gasteiger partial charge in [0.25, 0.3) is 0 Å². The summed E-state index contributed by atoms with van der Waals surface area (Å²) < 4.78 is 1.15. The van der Waals surface area contributed by atoms with E-state index in [0.717, 1.165) is 48.7 Å². The molecule has 0 N–H and O–H groups in total. The minimum atomic E-state index is 0.127. The molecule has 2 aliphatic heterocycles. The molecule has 0 atom stereocenters. The molecule has 2 aliphatic rings. The van der Waals surface area contributed by atoms with E-state index in [1.54, 1.807) is 11.2 Å². The number of nitrogens with zero attached hydrogens (tertiary/aromatic N) is 5. The normalized spacial score (nSPS) is 17.7. The molecule has 3 heterocycles. The highest BCUT2D eigenvalue weighted by Crippen LogP contribution is 2.29. The Kier molecular flexibility index (Phi) is 4.33. The maximum atomic E-state index is 12.0. The number of benzene rings is 1. The number of aromatic nitrogens is 2. The van der Waals surface area contributed by atoms with E-state index in [0.29, 0.717) is 6.54 Å². The van der Waals surface area contributed by atoms with Crippen molar-refractivity contribution in [2.75, 3.05) is 43.0 Å². The van der Waals surface area contributed by atoms with Crippen LogP contribution < -0.4 is 9.80 Å². The summed E-state index contributed by atoms with van der Waals surface area (Å²) >= 11 is 3.66. The molecule has 0 aliphatic carbocycles. The Bertz CT molecular complexity index is 812. The van der Waals surface area contributed by atoms with Gasteiger partial charge in [0.15, 0.2) is 0 Å². The number of fused-ring (bicyclic) bond motifs is 1. The molecule has 25 heavy (non-hydrogen) atoms. The van der Waals surface area contributed by atoms with Gasteiger partial charge in [0, 0.05) is 43.8 Å². The van der Waals surface area contributed by atoms with Crippen LogP contribution in [0.4, 0.5) is 11.6 Å². The maximum Gasteiger partial charge on any atom is 0.241 e. The number of anilines is 2. The second-order valence-corrected chi connectivity index (χ2v) is 7.37. The summed E-state index contributed by atoms with van der Waals surface area (Å²) in [6, 6.07) is 8.37. The Balaban J connectivity index is 1.56. The molecule has 0 bridgehead atoms. The van der Waals surface area contributed by atoms with Crippen LogP contribution in [-0.2, 0) is 17.8 Å². The molecule has 0 saturated carbocycles. The van der Waals surface area contributed by atoms with E-state index in [4.69, 9.17) is 0 Å². The molecule has 0 unspecified atom stereocenters. The largest absolute Gasteiger partial charge is 0.352 e. The summed E-state index contributed by atoms with van der Waals surface area (Å²) in [7, 11) is 1.84. The Morgan fingerprint density at radius 2 is 1.80 bits per heavy atom. The van der Waals surface area contributed by atoms with Crippen molar-refractivity contribution < 1.29 is 4.79 Å². The number of piperazine rings is 1. The highest BCUT2D eigenvalue weighted by Gasteiger charge is 2.24. The van der Waals surface area contributed by atoms with Gasteiger partial charge in [-0.15, -0.1) is 0 Å². The topological polar surface area (TPSA) is 52.6 Å². The van der Waals surface area contributed by atoms with E-state index in [2.05, 4.69) is 49.0 Å². The highest BCUT2D eigenvalue weighted by molar-refractivity contribution is 9.10. The minimum absolute atomic E-state index is 0.127. The number of hydrogen-bond acceptors (Lipinski definition) is 5. The lowest BCUT2D eigenvalue weighted by Gasteiger charge is -2.34. The summed E-state index contributed by atoms with van der Waals surface area (Å²) in [6.07, 6.45) is 2.60. The molecule has 1 saturated heterocycles. The first-order valence-electron chi connectivity index (χ1n) is 8.44. The number of carbonyl (C=O) groups excluding carboxylic acids is 1. The Morgan fingerprint density at radius 3 is 2.56 bits per heavy atom. The Labute approximate surface area is 155 Å². The van der Waals surface area contributed by atoms with Crippen LogP contribution in [0.5, 0.6) is 0 Å². The first-order chi connectivity index (χ1) is 12.1. The van der Waals surface area contributed by atoms with Crippen LogP contribution >= 0.6 is 15.9 Å². The zero-order chi connectivity index (χ0) is 17.4. The van der Waals surface area contributed by atoms with Gasteiger partial charge in [0.1, 0.15) is 18.0 Å². The van der Waals surface area contributed by atoms with Crippen molar-refractivity contribution in [1.82, 2.24) is 14.9 Å². The van der Waals surface area contributed by atoms with Gasteiger partial charge in [-0.1, -0.05) is 28.1 Å². The van der Waals surface area contributed by atoms with Gasteiger partial charge >= 0.3 is 0 Å². The molecule has 1 amide bonds. The average molecular weight is 402 g/mol. The van der Waals surface area contributed by atoms with Crippen LogP contribution in [0.3, 0.4) is 0 Å². The van der Waals surface area contributed by atoms with Gasteiger partial charge in [0.05, 0.1) is 6.54 Å². The fraction of sp³-hybridized carbons (Fsp3) is 0.389. The van der Waals surface area contributed by atoms with Gasteiger partial charge in [-0.2, -0.15) is 0 Å². The first kappa shape index (κ1) is 16.3. The summed E-state index contributed by atoms with van der Waals surface area (Å²) in [5.41, 5.74) is 2.72. The molecule has 0 spiro atoms. The molecule has 1 fully saturated rings. The van der Waals surface area contributed by atoms with Crippen molar-refractivity contribution in [1.29, 1.82) is 0 Å². The van der Waals surface area contributed by atoms with Gasteiger partial charge in [-0.3, -0.25) is 4.79 Å². The second-order valence-electron chi connectivity index (χ2n) is 6.52. The number of hydrogen-bond donors (Lipinski definition) is 0. The quantitative estimate of drug-likeness (QED) is 0.770. The van der Waals surface area contributed by atoms with Crippen LogP contribution in [0.25, 0.3) is 0 Å². The third-order valence-electron chi connectivity index (χ3n) is 4.96. The van der Waals surface area contributed by atoms with E-state index in [-0.39, 0.29) is 5.91 Å². The van der Waals surface area contributed by atoms with E-state index < -0.39 is 0 Å². The predicted molar refractivity (Wildman–Crippen MR) is 101 cm³/mol. The molecule has 1 aromatic heterocycles. The lowest BCUT2D eigenvalue weighted by atomic mass is 10.00. The molecular weight excluding hydrogens is 382 g/mol. The number of rotatable bonds is 2. The van der Waals surface area contributed by atoms with E-state index in [1.165, 1.54) is 11.1 Å². The highest BCUT2D eigenvalue weighted by atomic mass is 79.9. The Hall–Kier alpha value is -2.15. The number of likely N-dealkylation sites (N-methyl/N-ethyl adjacent to an activating group) is 1.